The summed E-state index contributed by atoms with van der Waals surface area (Å²) >= 11 is 0.984. The van der Waals surface area contributed by atoms with Crippen LogP contribution in [0.25, 0.3) is 0 Å². The Hall–Kier alpha value is -6.38. The van der Waals surface area contributed by atoms with Crippen molar-refractivity contribution in [2.24, 2.45) is 0 Å². The van der Waals surface area contributed by atoms with Gasteiger partial charge >= 0.3 is 35.8 Å². The average molecular weight is 771 g/mol. The molecule has 3 heterocycles. The molecule has 3 aliphatic rings. The van der Waals surface area contributed by atoms with Crippen molar-refractivity contribution in [3.05, 3.63) is 47.5 Å². The first-order valence-corrected chi connectivity index (χ1v) is 16.9. The van der Waals surface area contributed by atoms with Crippen molar-refractivity contribution in [3.63, 3.8) is 0 Å². The van der Waals surface area contributed by atoms with Crippen LogP contribution in [0.2, 0.25) is 0 Å². The van der Waals surface area contributed by atoms with E-state index in [4.69, 9.17) is 9.47 Å². The number of fused-ring (bicyclic) bond motifs is 1. The predicted molar refractivity (Wildman–Crippen MR) is 181 cm³/mol. The number of benzene rings is 2. The zero-order valence-electron chi connectivity index (χ0n) is 29.0. The van der Waals surface area contributed by atoms with E-state index in [-0.39, 0.29) is 43.1 Å². The number of thioether (sulfide) groups is 1. The number of carbonyl (C=O) groups excluding carboxylic acids is 8. The molecule has 2 aromatic rings. The van der Waals surface area contributed by atoms with Crippen LogP contribution in [-0.4, -0.2) is 119 Å². The summed E-state index contributed by atoms with van der Waals surface area (Å²) in [6.07, 6.45) is 0.280. The van der Waals surface area contributed by atoms with Gasteiger partial charge in [0.25, 0.3) is 5.91 Å². The topological polar surface area (TPSA) is 279 Å². The Kier molecular flexibility index (Phi) is 10.5. The highest BCUT2D eigenvalue weighted by atomic mass is 32.2. The van der Waals surface area contributed by atoms with Crippen molar-refractivity contribution in [1.82, 2.24) is 30.7 Å². The Morgan fingerprint density at radius 3 is 2.22 bits per heavy atom. The van der Waals surface area contributed by atoms with Gasteiger partial charge in [0, 0.05) is 33.5 Å². The number of nitrogens with one attached hydrogen (secondary N) is 3. The number of esters is 2. The number of carboxylic acid groups (broad SMARTS) is 1. The quantitative estimate of drug-likeness (QED) is 0.0411. The number of hydrogen-bond acceptors (Lipinski definition) is 14. The van der Waals surface area contributed by atoms with E-state index in [1.807, 2.05) is 0 Å². The molecule has 5 rings (SSSR count). The number of imide groups is 1. The first kappa shape index (κ1) is 38.8. The van der Waals surface area contributed by atoms with Crippen LogP contribution < -0.4 is 25.4 Å². The molecule has 0 spiro atoms. The standard InChI is InChI=1S/C33H34N6O14S/c1-15(41)52-21-8-6-18(12-22(21)53-16(2)42)23(25(45)36-33(30(49)50)32(3,4)54-29-24(34-14-40)26(46)39(29)33)35-31(51)38-10-9-37(27(47)28(38)48)13-17-5-7-19(43)20(44)11-17/h5-8,11-12,14,23-24,29,43-44H,9-10,13H2,1-4H3,(H,34,40)(H,35,51)(H,36,45)(H,49,50)/t23?,24-,29+,33-/m0/s1. The summed E-state index contributed by atoms with van der Waals surface area (Å²) in [4.78, 5) is 118. The van der Waals surface area contributed by atoms with E-state index in [2.05, 4.69) is 16.0 Å². The number of nitrogens with zero attached hydrogens (tertiary/aromatic N) is 3. The van der Waals surface area contributed by atoms with Gasteiger partial charge in [-0.3, -0.25) is 43.4 Å². The second kappa shape index (κ2) is 14.6. The third-order valence-electron chi connectivity index (χ3n) is 8.86. The number of piperazine rings is 1. The second-order valence-corrected chi connectivity index (χ2v) is 14.5. The SMILES string of the molecule is CC(=O)Oc1ccc(C(NC(=O)N2CCN(Cc3ccc(O)c(O)c3)C(=O)C2=O)C(=O)N[C@@]2(C(=O)O)N3C(=O)[C@H](NC=O)[C@H]3SC2(C)C)cc1OC(C)=O. The fourth-order valence-electron chi connectivity index (χ4n) is 6.31. The number of β-lactam (4-membered cyclic amide) rings is 1. The molecule has 21 heteroatoms. The van der Waals surface area contributed by atoms with Gasteiger partial charge in [-0.1, -0.05) is 12.1 Å². The number of rotatable bonds is 11. The number of hydrogen-bond donors (Lipinski definition) is 6. The molecule has 4 atom stereocenters. The number of carboxylic acids is 1. The number of phenolic OH excluding ortho intramolecular Hbond substituents is 2. The molecule has 0 radical (unpaired) electrons. The van der Waals surface area contributed by atoms with Crippen LogP contribution in [0, 0.1) is 0 Å². The largest absolute Gasteiger partial charge is 0.504 e. The zero-order valence-corrected chi connectivity index (χ0v) is 29.8. The summed E-state index contributed by atoms with van der Waals surface area (Å²) in [5.74, 6) is -9.31. The van der Waals surface area contributed by atoms with Crippen LogP contribution in [-0.2, 0) is 44.9 Å². The highest BCUT2D eigenvalue weighted by molar-refractivity contribution is 8.01. The lowest BCUT2D eigenvalue weighted by Gasteiger charge is -2.49. The van der Waals surface area contributed by atoms with Crippen LogP contribution in [0.4, 0.5) is 4.79 Å². The average Bonchev–Trinajstić information content (AvgIpc) is 3.30. The number of aliphatic carboxylic acids is 1. The van der Waals surface area contributed by atoms with Gasteiger partial charge in [-0.25, -0.2) is 9.59 Å². The Labute approximate surface area is 309 Å². The van der Waals surface area contributed by atoms with E-state index in [1.54, 1.807) is 0 Å². The molecule has 2 aromatic carbocycles. The van der Waals surface area contributed by atoms with Gasteiger partial charge in [-0.15, -0.1) is 11.8 Å². The number of carbonyl (C=O) groups is 9. The van der Waals surface area contributed by atoms with Crippen molar-refractivity contribution < 1.29 is 67.9 Å². The molecule has 0 saturated carbocycles. The molecule has 286 valence electrons. The fourth-order valence-corrected chi connectivity index (χ4v) is 8.02. The van der Waals surface area contributed by atoms with Gasteiger partial charge in [0.2, 0.25) is 18.0 Å². The van der Waals surface area contributed by atoms with E-state index in [0.29, 0.717) is 10.5 Å². The molecule has 3 fully saturated rings. The lowest BCUT2D eigenvalue weighted by atomic mass is 9.88. The third kappa shape index (κ3) is 6.91. The molecule has 0 bridgehead atoms. The monoisotopic (exact) mass is 770 g/mol. The summed E-state index contributed by atoms with van der Waals surface area (Å²) < 4.78 is 8.79. The Morgan fingerprint density at radius 1 is 0.944 bits per heavy atom. The minimum absolute atomic E-state index is 0.170. The Balaban J connectivity index is 1.48. The predicted octanol–water partition coefficient (Wildman–Crippen LogP) is -0.724. The Morgan fingerprint density at radius 2 is 1.61 bits per heavy atom. The van der Waals surface area contributed by atoms with Crippen molar-refractivity contribution in [1.29, 1.82) is 0 Å². The normalized spacial score (nSPS) is 22.0. The molecule has 54 heavy (non-hydrogen) atoms. The number of urea groups is 1. The van der Waals surface area contributed by atoms with Gasteiger partial charge in [-0.2, -0.15) is 0 Å². The summed E-state index contributed by atoms with van der Waals surface area (Å²) in [6.45, 7) is 4.26. The third-order valence-corrected chi connectivity index (χ3v) is 10.5. The molecule has 7 amide bonds. The van der Waals surface area contributed by atoms with E-state index in [1.165, 1.54) is 38.1 Å². The van der Waals surface area contributed by atoms with Crippen molar-refractivity contribution in [3.8, 4) is 23.0 Å². The van der Waals surface area contributed by atoms with Gasteiger partial charge in [0.1, 0.15) is 17.5 Å². The van der Waals surface area contributed by atoms with Gasteiger partial charge in [-0.05, 0) is 49.2 Å². The molecule has 1 unspecified atom stereocenters. The molecule has 3 saturated heterocycles. The van der Waals surface area contributed by atoms with Crippen molar-refractivity contribution in [2.45, 2.75) is 62.1 Å². The number of amides is 7. The van der Waals surface area contributed by atoms with E-state index >= 15 is 0 Å². The minimum Gasteiger partial charge on any atom is -0.504 e. The number of ether oxygens (including phenoxy) is 2. The number of phenols is 2. The van der Waals surface area contributed by atoms with Crippen LogP contribution in [0.1, 0.15) is 44.9 Å². The maximum atomic E-state index is 14.3. The first-order chi connectivity index (χ1) is 25.3. The summed E-state index contributed by atoms with van der Waals surface area (Å²) in [6, 6.07) is 2.86. The maximum Gasteiger partial charge on any atom is 0.352 e. The molecule has 20 nitrogen and oxygen atoms in total. The minimum atomic E-state index is -2.46. The second-order valence-electron chi connectivity index (χ2n) is 12.8. The van der Waals surface area contributed by atoms with Gasteiger partial charge < -0.3 is 45.6 Å². The van der Waals surface area contributed by atoms with Crippen LogP contribution in [0.5, 0.6) is 23.0 Å². The Bertz CT molecular complexity index is 1990. The molecule has 0 aromatic heterocycles. The zero-order chi connectivity index (χ0) is 39.9. The highest BCUT2D eigenvalue weighted by Gasteiger charge is 2.74. The lowest BCUT2D eigenvalue weighted by molar-refractivity contribution is -0.176. The lowest BCUT2D eigenvalue weighted by Crippen LogP contribution is -2.80. The van der Waals surface area contributed by atoms with Gasteiger partial charge in [0.05, 0.1) is 4.75 Å². The number of aromatic hydroxyl groups is 2. The van der Waals surface area contributed by atoms with Gasteiger partial charge in [0.15, 0.2) is 23.0 Å². The molecule has 6 N–H and O–H groups in total. The van der Waals surface area contributed by atoms with Crippen LogP contribution in [0.3, 0.4) is 0 Å². The van der Waals surface area contributed by atoms with Crippen LogP contribution >= 0.6 is 11.8 Å². The van der Waals surface area contributed by atoms with E-state index in [0.717, 1.165) is 47.5 Å². The van der Waals surface area contributed by atoms with Crippen LogP contribution in [0.15, 0.2) is 36.4 Å². The maximum absolute atomic E-state index is 14.3. The summed E-state index contributed by atoms with van der Waals surface area (Å²) in [7, 11) is 0. The summed E-state index contributed by atoms with van der Waals surface area (Å²) in [5.41, 5.74) is -2.29. The molecular formula is C33H34N6O14S. The molecule has 3 aliphatic heterocycles. The first-order valence-electron chi connectivity index (χ1n) is 16.0. The van der Waals surface area contributed by atoms with E-state index in [9.17, 15) is 58.5 Å². The van der Waals surface area contributed by atoms with Crippen molar-refractivity contribution >= 4 is 65.7 Å². The van der Waals surface area contributed by atoms with Crippen molar-refractivity contribution in [2.75, 3.05) is 13.1 Å². The fraction of sp³-hybridized carbons (Fsp3) is 0.364. The molecular weight excluding hydrogens is 736 g/mol. The molecule has 0 aliphatic carbocycles. The van der Waals surface area contributed by atoms with E-state index < -0.39 is 86.9 Å². The smallest absolute Gasteiger partial charge is 0.352 e. The highest BCUT2D eigenvalue weighted by Crippen LogP contribution is 2.55. The summed E-state index contributed by atoms with van der Waals surface area (Å²) in [5, 5.41) is 36.1.